The van der Waals surface area contributed by atoms with Gasteiger partial charge in [0, 0.05) is 38.1 Å². The number of hydrogen-bond donors (Lipinski definition) is 1. The Morgan fingerprint density at radius 2 is 2.30 bits per heavy atom. The van der Waals surface area contributed by atoms with Crippen LogP contribution < -0.4 is 5.32 Å². The van der Waals surface area contributed by atoms with E-state index in [1.54, 1.807) is 0 Å². The lowest BCUT2D eigenvalue weighted by Crippen LogP contribution is -2.41. The summed E-state index contributed by atoms with van der Waals surface area (Å²) in [6.45, 7) is 7.15. The molecule has 4 nitrogen and oxygen atoms in total. The van der Waals surface area contributed by atoms with Crippen LogP contribution in [0.1, 0.15) is 31.4 Å². The highest BCUT2D eigenvalue weighted by Gasteiger charge is 2.32. The zero-order chi connectivity index (χ0) is 13.9. The fraction of sp³-hybridized carbons (Fsp3) is 0.750. The van der Waals surface area contributed by atoms with Crippen LogP contribution in [0.2, 0.25) is 0 Å². The summed E-state index contributed by atoms with van der Waals surface area (Å²) in [5, 5.41) is 3.63. The second-order valence-corrected chi connectivity index (χ2v) is 6.27. The lowest BCUT2D eigenvalue weighted by Gasteiger charge is -2.30. The highest BCUT2D eigenvalue weighted by atomic mass is 16.5. The molecule has 0 bridgehead atoms. The molecule has 0 radical (unpaired) electrons. The summed E-state index contributed by atoms with van der Waals surface area (Å²) in [6, 6.07) is 2.83. The molecule has 2 atom stereocenters. The first-order chi connectivity index (χ1) is 9.76. The van der Waals surface area contributed by atoms with Gasteiger partial charge in [-0.05, 0) is 44.0 Å². The summed E-state index contributed by atoms with van der Waals surface area (Å²) in [7, 11) is 2.17. The maximum Gasteiger partial charge on any atom is 0.0880 e. The van der Waals surface area contributed by atoms with Crippen LogP contribution in [0.5, 0.6) is 0 Å². The van der Waals surface area contributed by atoms with Crippen LogP contribution >= 0.6 is 0 Å². The van der Waals surface area contributed by atoms with Crippen LogP contribution in [0.3, 0.4) is 0 Å². The number of likely N-dealkylation sites (N-methyl/N-ethyl adjacent to an activating group) is 1. The number of nitrogens with zero attached hydrogens (tertiary/aromatic N) is 2. The second kappa shape index (κ2) is 6.29. The first-order valence-corrected chi connectivity index (χ1v) is 7.95. The van der Waals surface area contributed by atoms with Gasteiger partial charge in [-0.25, -0.2) is 0 Å². The Hall–Kier alpha value is -0.840. The quantitative estimate of drug-likeness (QED) is 0.861. The molecule has 1 aliphatic carbocycles. The third-order valence-corrected chi connectivity index (χ3v) is 4.41. The zero-order valence-corrected chi connectivity index (χ0v) is 12.7. The number of morpholine rings is 1. The van der Waals surface area contributed by atoms with Crippen LogP contribution in [0.4, 0.5) is 0 Å². The van der Waals surface area contributed by atoms with E-state index in [1.807, 2.05) is 0 Å². The van der Waals surface area contributed by atoms with Crippen molar-refractivity contribution in [1.82, 2.24) is 14.8 Å². The molecule has 0 amide bonds. The van der Waals surface area contributed by atoms with E-state index in [9.17, 15) is 0 Å². The average molecular weight is 277 g/mol. The molecule has 1 N–H and O–H groups in total. The lowest BCUT2D eigenvalue weighted by atomic mass is 10.1. The van der Waals surface area contributed by atoms with Crippen molar-refractivity contribution in [2.75, 3.05) is 33.3 Å². The summed E-state index contributed by atoms with van der Waals surface area (Å²) in [4.78, 5) is 2.35. The Morgan fingerprint density at radius 3 is 3.00 bits per heavy atom. The molecular formula is C16H27N3O. The minimum atomic E-state index is 0.326. The number of hydrogen-bond acceptors (Lipinski definition) is 3. The molecule has 1 saturated heterocycles. The van der Waals surface area contributed by atoms with Gasteiger partial charge in [0.15, 0.2) is 0 Å². The van der Waals surface area contributed by atoms with Crippen molar-refractivity contribution >= 4 is 0 Å². The van der Waals surface area contributed by atoms with Gasteiger partial charge in [0.2, 0.25) is 0 Å². The van der Waals surface area contributed by atoms with Gasteiger partial charge >= 0.3 is 0 Å². The third kappa shape index (κ3) is 3.43. The molecule has 2 fully saturated rings. The first kappa shape index (κ1) is 14.1. The van der Waals surface area contributed by atoms with E-state index in [2.05, 4.69) is 47.2 Å². The first-order valence-electron chi connectivity index (χ1n) is 7.95. The van der Waals surface area contributed by atoms with Gasteiger partial charge < -0.3 is 19.5 Å². The van der Waals surface area contributed by atoms with E-state index in [0.717, 1.165) is 38.7 Å². The molecule has 0 aromatic carbocycles. The topological polar surface area (TPSA) is 29.4 Å². The Bertz CT molecular complexity index is 427. The van der Waals surface area contributed by atoms with Crippen LogP contribution in [-0.4, -0.2) is 48.9 Å². The van der Waals surface area contributed by atoms with Crippen molar-refractivity contribution in [3.8, 4) is 0 Å². The maximum absolute atomic E-state index is 5.85. The van der Waals surface area contributed by atoms with E-state index >= 15 is 0 Å². The second-order valence-electron chi connectivity index (χ2n) is 6.27. The molecule has 2 aliphatic rings. The Balaban J connectivity index is 1.60. The van der Waals surface area contributed by atoms with E-state index in [4.69, 9.17) is 4.74 Å². The zero-order valence-electron chi connectivity index (χ0n) is 12.7. The van der Waals surface area contributed by atoms with Gasteiger partial charge in [0.05, 0.1) is 12.7 Å². The van der Waals surface area contributed by atoms with Crippen LogP contribution in [0.15, 0.2) is 18.5 Å². The highest BCUT2D eigenvalue weighted by molar-refractivity contribution is 5.18. The Kier molecular flexibility index (Phi) is 4.44. The Labute approximate surface area is 122 Å². The fourth-order valence-corrected chi connectivity index (χ4v) is 3.18. The number of rotatable bonds is 6. The molecule has 1 aromatic heterocycles. The largest absolute Gasteiger partial charge is 0.374 e. The van der Waals surface area contributed by atoms with Crippen molar-refractivity contribution in [2.24, 2.45) is 5.92 Å². The lowest BCUT2D eigenvalue weighted by molar-refractivity contribution is -0.0274. The van der Waals surface area contributed by atoms with Gasteiger partial charge in [0.1, 0.15) is 0 Å². The normalized spacial score (nSPS) is 25.8. The predicted molar refractivity (Wildman–Crippen MR) is 80.8 cm³/mol. The third-order valence-electron chi connectivity index (χ3n) is 4.41. The summed E-state index contributed by atoms with van der Waals surface area (Å²) in [5.74, 6) is 0.850. The van der Waals surface area contributed by atoms with Gasteiger partial charge in [-0.1, -0.05) is 6.92 Å². The molecule has 20 heavy (non-hydrogen) atoms. The van der Waals surface area contributed by atoms with Crippen molar-refractivity contribution in [2.45, 2.75) is 38.5 Å². The summed E-state index contributed by atoms with van der Waals surface area (Å²) in [5.41, 5.74) is 1.44. The minimum Gasteiger partial charge on any atom is -0.374 e. The average Bonchev–Trinajstić information content (AvgIpc) is 3.16. The molecule has 4 heteroatoms. The fourth-order valence-electron chi connectivity index (χ4n) is 3.18. The summed E-state index contributed by atoms with van der Waals surface area (Å²) >= 11 is 0. The highest BCUT2D eigenvalue weighted by Crippen LogP contribution is 2.41. The molecule has 1 aromatic rings. The van der Waals surface area contributed by atoms with Crippen LogP contribution in [0.25, 0.3) is 0 Å². The SMILES string of the molecule is CCNC(c1ccn(CC2CN(C)CCO2)c1)C1CC1. The molecule has 1 saturated carbocycles. The number of aromatic nitrogens is 1. The van der Waals surface area contributed by atoms with Gasteiger partial charge in [-0.2, -0.15) is 0 Å². The van der Waals surface area contributed by atoms with Crippen molar-refractivity contribution in [3.63, 3.8) is 0 Å². The molecule has 2 heterocycles. The standard InChI is InChI=1S/C16H27N3O/c1-3-17-16(13-4-5-13)14-6-7-19(10-14)12-15-11-18(2)8-9-20-15/h6-7,10,13,15-17H,3-5,8-9,11-12H2,1-2H3. The molecular weight excluding hydrogens is 250 g/mol. The summed E-state index contributed by atoms with van der Waals surface area (Å²) < 4.78 is 8.15. The molecule has 0 spiro atoms. The van der Waals surface area contributed by atoms with Crippen molar-refractivity contribution < 1.29 is 4.74 Å². The molecule has 2 unspecified atom stereocenters. The van der Waals surface area contributed by atoms with Crippen LogP contribution in [0, 0.1) is 5.92 Å². The van der Waals surface area contributed by atoms with Gasteiger partial charge in [-0.3, -0.25) is 0 Å². The van der Waals surface area contributed by atoms with Crippen LogP contribution in [-0.2, 0) is 11.3 Å². The number of nitrogens with one attached hydrogen (secondary N) is 1. The van der Waals surface area contributed by atoms with E-state index in [0.29, 0.717) is 12.1 Å². The predicted octanol–water partition coefficient (Wildman–Crippen LogP) is 1.88. The van der Waals surface area contributed by atoms with Gasteiger partial charge in [0.25, 0.3) is 0 Å². The minimum absolute atomic E-state index is 0.326. The van der Waals surface area contributed by atoms with Gasteiger partial charge in [-0.15, -0.1) is 0 Å². The van der Waals surface area contributed by atoms with E-state index in [1.165, 1.54) is 18.4 Å². The summed E-state index contributed by atoms with van der Waals surface area (Å²) in [6.07, 6.45) is 7.59. The molecule has 112 valence electrons. The monoisotopic (exact) mass is 277 g/mol. The maximum atomic E-state index is 5.85. The van der Waals surface area contributed by atoms with E-state index in [-0.39, 0.29) is 0 Å². The molecule has 3 rings (SSSR count). The number of ether oxygens (including phenoxy) is 1. The molecule has 1 aliphatic heterocycles. The van der Waals surface area contributed by atoms with E-state index < -0.39 is 0 Å². The Morgan fingerprint density at radius 1 is 1.45 bits per heavy atom. The smallest absolute Gasteiger partial charge is 0.0880 e. The van der Waals surface area contributed by atoms with Crippen molar-refractivity contribution in [1.29, 1.82) is 0 Å². The van der Waals surface area contributed by atoms with Crippen molar-refractivity contribution in [3.05, 3.63) is 24.0 Å².